The lowest BCUT2D eigenvalue weighted by molar-refractivity contribution is -0.138. The van der Waals surface area contributed by atoms with Crippen LogP contribution in [0, 0.1) is 11.3 Å². The van der Waals surface area contributed by atoms with Crippen molar-refractivity contribution in [3.63, 3.8) is 0 Å². The minimum absolute atomic E-state index is 0.317. The molecule has 1 aromatic rings. The smallest absolute Gasteiger partial charge is 0.222 e. The molecule has 0 radical (unpaired) electrons. The van der Waals surface area contributed by atoms with Crippen molar-refractivity contribution in [2.45, 2.75) is 38.5 Å². The Kier molecular flexibility index (Phi) is 3.62. The van der Waals surface area contributed by atoms with E-state index >= 15 is 0 Å². The van der Waals surface area contributed by atoms with Gasteiger partial charge < -0.3 is 15.5 Å². The molecule has 3 heterocycles. The Bertz CT molecular complexity index is 592. The van der Waals surface area contributed by atoms with E-state index in [2.05, 4.69) is 19.8 Å². The molecule has 0 aromatic carbocycles. The van der Waals surface area contributed by atoms with Crippen LogP contribution >= 0.6 is 0 Å². The second-order valence-corrected chi connectivity index (χ2v) is 7.51. The van der Waals surface area contributed by atoms with E-state index in [1.54, 1.807) is 0 Å². The van der Waals surface area contributed by atoms with Gasteiger partial charge in [0.1, 0.15) is 18.0 Å². The Morgan fingerprint density at radius 2 is 2.00 bits per heavy atom. The van der Waals surface area contributed by atoms with E-state index in [1.807, 2.05) is 6.07 Å². The number of nitrogens with zero attached hydrogens (tertiary/aromatic N) is 4. The van der Waals surface area contributed by atoms with E-state index in [1.165, 1.54) is 19.2 Å². The number of amides is 1. The molecule has 1 aliphatic carbocycles. The lowest BCUT2D eigenvalue weighted by atomic mass is 9.72. The molecule has 6 heteroatoms. The van der Waals surface area contributed by atoms with Crippen LogP contribution in [0.2, 0.25) is 0 Å². The molecule has 0 unspecified atom stereocenters. The van der Waals surface area contributed by atoms with Gasteiger partial charge in [-0.15, -0.1) is 0 Å². The van der Waals surface area contributed by atoms with Crippen molar-refractivity contribution < 1.29 is 4.79 Å². The predicted molar refractivity (Wildman–Crippen MR) is 88.9 cm³/mol. The van der Waals surface area contributed by atoms with Crippen LogP contribution in [0.15, 0.2) is 12.4 Å². The first kappa shape index (κ1) is 14.7. The fourth-order valence-corrected chi connectivity index (χ4v) is 4.03. The Hall–Kier alpha value is -1.85. The van der Waals surface area contributed by atoms with Gasteiger partial charge in [0.2, 0.25) is 5.91 Å². The first-order valence-electron chi connectivity index (χ1n) is 8.74. The van der Waals surface area contributed by atoms with Crippen LogP contribution in [0.3, 0.4) is 0 Å². The van der Waals surface area contributed by atoms with Crippen LogP contribution in [-0.2, 0) is 4.79 Å². The molecule has 1 amide bonds. The Labute approximate surface area is 137 Å². The molecule has 3 aliphatic rings. The molecule has 3 fully saturated rings. The first-order chi connectivity index (χ1) is 11.1. The van der Waals surface area contributed by atoms with Crippen LogP contribution in [-0.4, -0.2) is 47.0 Å². The van der Waals surface area contributed by atoms with E-state index in [-0.39, 0.29) is 0 Å². The monoisotopic (exact) mass is 315 g/mol. The van der Waals surface area contributed by atoms with E-state index < -0.39 is 0 Å². The van der Waals surface area contributed by atoms with Crippen molar-refractivity contribution in [3.8, 4) is 0 Å². The number of aromatic nitrogens is 2. The largest absolute Gasteiger partial charge is 0.384 e. The average Bonchev–Trinajstić information content (AvgIpc) is 3.36. The molecular formula is C17H25N5O. The molecule has 0 bridgehead atoms. The SMILES string of the molecule is Nc1cc(N2CCC3(CCC(=O)N(CC4CC4)C3)CC2)ncn1. The van der Waals surface area contributed by atoms with Gasteiger partial charge in [0, 0.05) is 38.7 Å². The Morgan fingerprint density at radius 1 is 1.22 bits per heavy atom. The van der Waals surface area contributed by atoms with E-state index in [4.69, 9.17) is 5.73 Å². The summed E-state index contributed by atoms with van der Waals surface area (Å²) in [5, 5.41) is 0. The molecular weight excluding hydrogens is 290 g/mol. The molecule has 6 nitrogen and oxygen atoms in total. The van der Waals surface area contributed by atoms with E-state index in [0.29, 0.717) is 17.1 Å². The molecule has 4 rings (SSSR count). The topological polar surface area (TPSA) is 75.3 Å². The number of anilines is 2. The Morgan fingerprint density at radius 3 is 2.70 bits per heavy atom. The van der Waals surface area contributed by atoms with Gasteiger partial charge in [-0.05, 0) is 43.4 Å². The third-order valence-corrected chi connectivity index (χ3v) is 5.75. The van der Waals surface area contributed by atoms with Gasteiger partial charge in [-0.25, -0.2) is 9.97 Å². The number of carbonyl (C=O) groups excluding carboxylic acids is 1. The van der Waals surface area contributed by atoms with Gasteiger partial charge in [0.15, 0.2) is 0 Å². The zero-order valence-electron chi connectivity index (χ0n) is 13.6. The van der Waals surface area contributed by atoms with Crippen LogP contribution < -0.4 is 10.6 Å². The van der Waals surface area contributed by atoms with Gasteiger partial charge in [0.05, 0.1) is 0 Å². The summed E-state index contributed by atoms with van der Waals surface area (Å²) < 4.78 is 0. The lowest BCUT2D eigenvalue weighted by Crippen LogP contribution is -2.52. The summed E-state index contributed by atoms with van der Waals surface area (Å²) in [6, 6.07) is 1.85. The van der Waals surface area contributed by atoms with Gasteiger partial charge in [0.25, 0.3) is 0 Å². The summed E-state index contributed by atoms with van der Waals surface area (Å²) in [5.41, 5.74) is 6.08. The summed E-state index contributed by atoms with van der Waals surface area (Å²) in [4.78, 5) is 24.9. The Balaban J connectivity index is 1.40. The predicted octanol–water partition coefficient (Wildman–Crippen LogP) is 1.68. The fourth-order valence-electron chi connectivity index (χ4n) is 4.03. The summed E-state index contributed by atoms with van der Waals surface area (Å²) in [6.07, 6.45) is 8.18. The van der Waals surface area contributed by atoms with Gasteiger partial charge in [-0.2, -0.15) is 0 Å². The van der Waals surface area contributed by atoms with Crippen LogP contribution in [0.1, 0.15) is 38.5 Å². The van der Waals surface area contributed by atoms with E-state index in [0.717, 1.165) is 63.6 Å². The summed E-state index contributed by atoms with van der Waals surface area (Å²) in [6.45, 7) is 3.93. The number of hydrogen-bond donors (Lipinski definition) is 1. The molecule has 23 heavy (non-hydrogen) atoms. The molecule has 1 aromatic heterocycles. The number of rotatable bonds is 3. The number of hydrogen-bond acceptors (Lipinski definition) is 5. The number of likely N-dealkylation sites (tertiary alicyclic amines) is 1. The average molecular weight is 315 g/mol. The van der Waals surface area contributed by atoms with E-state index in [9.17, 15) is 4.79 Å². The summed E-state index contributed by atoms with van der Waals surface area (Å²) in [7, 11) is 0. The standard InChI is InChI=1S/C17H25N5O/c18-14-9-15(20-12-19-14)21-7-5-17(6-8-21)4-3-16(23)22(11-17)10-13-1-2-13/h9,12-13H,1-8,10-11H2,(H2,18,19,20). The molecule has 0 atom stereocenters. The second kappa shape index (κ2) is 5.65. The molecule has 124 valence electrons. The highest BCUT2D eigenvalue weighted by Crippen LogP contribution is 2.42. The van der Waals surface area contributed by atoms with Gasteiger partial charge in [-0.3, -0.25) is 4.79 Å². The zero-order valence-corrected chi connectivity index (χ0v) is 13.6. The molecule has 2 saturated heterocycles. The number of carbonyl (C=O) groups is 1. The normalized spacial score (nSPS) is 24.3. The van der Waals surface area contributed by atoms with Crippen molar-refractivity contribution in [1.29, 1.82) is 0 Å². The molecule has 1 spiro atoms. The molecule has 2 aliphatic heterocycles. The minimum atomic E-state index is 0.317. The minimum Gasteiger partial charge on any atom is -0.384 e. The maximum absolute atomic E-state index is 12.2. The summed E-state index contributed by atoms with van der Waals surface area (Å²) >= 11 is 0. The third-order valence-electron chi connectivity index (χ3n) is 5.75. The van der Waals surface area contributed by atoms with Gasteiger partial charge >= 0.3 is 0 Å². The molecule has 1 saturated carbocycles. The van der Waals surface area contributed by atoms with Crippen molar-refractivity contribution in [1.82, 2.24) is 14.9 Å². The third kappa shape index (κ3) is 3.12. The highest BCUT2D eigenvalue weighted by Gasteiger charge is 2.42. The summed E-state index contributed by atoms with van der Waals surface area (Å²) in [5.74, 6) is 2.59. The highest BCUT2D eigenvalue weighted by atomic mass is 16.2. The fraction of sp³-hybridized carbons (Fsp3) is 0.706. The van der Waals surface area contributed by atoms with Crippen molar-refractivity contribution in [3.05, 3.63) is 12.4 Å². The quantitative estimate of drug-likeness (QED) is 0.918. The number of nitrogens with two attached hydrogens (primary N) is 1. The van der Waals surface area contributed by atoms with Crippen LogP contribution in [0.4, 0.5) is 11.6 Å². The number of nitrogen functional groups attached to an aromatic ring is 1. The van der Waals surface area contributed by atoms with Crippen molar-refractivity contribution >= 4 is 17.5 Å². The maximum Gasteiger partial charge on any atom is 0.222 e. The number of piperidine rings is 2. The van der Waals surface area contributed by atoms with Gasteiger partial charge in [-0.1, -0.05) is 0 Å². The van der Waals surface area contributed by atoms with Crippen molar-refractivity contribution in [2.75, 3.05) is 36.8 Å². The second-order valence-electron chi connectivity index (χ2n) is 7.51. The maximum atomic E-state index is 12.2. The lowest BCUT2D eigenvalue weighted by Gasteiger charge is -2.47. The van der Waals surface area contributed by atoms with Crippen LogP contribution in [0.5, 0.6) is 0 Å². The van der Waals surface area contributed by atoms with Crippen LogP contribution in [0.25, 0.3) is 0 Å². The van der Waals surface area contributed by atoms with Crippen molar-refractivity contribution in [2.24, 2.45) is 11.3 Å². The highest BCUT2D eigenvalue weighted by molar-refractivity contribution is 5.77. The first-order valence-corrected chi connectivity index (χ1v) is 8.74. The zero-order chi connectivity index (χ0) is 15.9. The molecule has 2 N–H and O–H groups in total.